The zero-order chi connectivity index (χ0) is 27.9. The summed E-state index contributed by atoms with van der Waals surface area (Å²) in [5.74, 6) is -1.25. The number of para-hydroxylation sites is 1. The maximum atomic E-state index is 13.8. The van der Waals surface area contributed by atoms with Gasteiger partial charge in [-0.1, -0.05) is 67.9 Å². The third-order valence-electron chi connectivity index (χ3n) is 5.85. The van der Waals surface area contributed by atoms with Gasteiger partial charge in [0.2, 0.25) is 11.8 Å². The highest BCUT2D eigenvalue weighted by Crippen LogP contribution is 2.30. The van der Waals surface area contributed by atoms with Crippen LogP contribution in [0.3, 0.4) is 0 Å². The van der Waals surface area contributed by atoms with Crippen LogP contribution in [0.4, 0.5) is 10.1 Å². The number of halogens is 2. The van der Waals surface area contributed by atoms with Crippen molar-refractivity contribution in [2.24, 2.45) is 5.92 Å². The Morgan fingerprint density at radius 1 is 0.921 bits per heavy atom. The van der Waals surface area contributed by atoms with Crippen LogP contribution in [0.25, 0.3) is 0 Å². The number of nitrogens with zero attached hydrogens (tertiary/aromatic N) is 2. The average Bonchev–Trinajstić information content (AvgIpc) is 2.90. The van der Waals surface area contributed by atoms with Crippen molar-refractivity contribution in [1.29, 1.82) is 0 Å². The molecule has 0 spiro atoms. The van der Waals surface area contributed by atoms with E-state index in [9.17, 15) is 22.4 Å². The molecular formula is C28H31ClFN3O4S. The quantitative estimate of drug-likeness (QED) is 0.363. The van der Waals surface area contributed by atoms with Crippen molar-refractivity contribution in [2.45, 2.75) is 38.3 Å². The maximum Gasteiger partial charge on any atom is 0.264 e. The van der Waals surface area contributed by atoms with Crippen molar-refractivity contribution in [3.05, 3.63) is 95.3 Å². The van der Waals surface area contributed by atoms with E-state index in [2.05, 4.69) is 5.32 Å². The van der Waals surface area contributed by atoms with Crippen LogP contribution in [0.5, 0.6) is 0 Å². The van der Waals surface area contributed by atoms with Gasteiger partial charge >= 0.3 is 0 Å². The van der Waals surface area contributed by atoms with Gasteiger partial charge in [0.25, 0.3) is 10.0 Å². The zero-order valence-electron chi connectivity index (χ0n) is 21.5. The Kier molecular flexibility index (Phi) is 9.88. The Morgan fingerprint density at radius 2 is 1.53 bits per heavy atom. The lowest BCUT2D eigenvalue weighted by Crippen LogP contribution is -2.51. The number of rotatable bonds is 11. The van der Waals surface area contributed by atoms with E-state index in [-0.39, 0.29) is 34.0 Å². The molecule has 3 aromatic rings. The summed E-state index contributed by atoms with van der Waals surface area (Å²) in [6.07, 6.45) is 0. The van der Waals surface area contributed by atoms with Gasteiger partial charge in [0, 0.05) is 13.1 Å². The van der Waals surface area contributed by atoms with Gasteiger partial charge in [-0.3, -0.25) is 13.9 Å². The topological polar surface area (TPSA) is 86.8 Å². The summed E-state index contributed by atoms with van der Waals surface area (Å²) in [6.45, 7) is 5.24. The summed E-state index contributed by atoms with van der Waals surface area (Å²) in [6, 6.07) is 18.7. The van der Waals surface area contributed by atoms with Crippen LogP contribution in [0.15, 0.2) is 83.8 Å². The van der Waals surface area contributed by atoms with Gasteiger partial charge in [-0.25, -0.2) is 12.8 Å². The standard InChI is InChI=1S/C28H31ClFN3O4S/c1-20(2)17-31-28(35)21(3)32(18-22-13-15-23(30)16-14-22)27(34)19-33(26-12-8-7-11-25(26)29)38(36,37)24-9-5-4-6-10-24/h4-16,20-21H,17-19H2,1-3H3,(H,31,35)/t21-/m1/s1. The molecule has 0 heterocycles. The Labute approximate surface area is 228 Å². The van der Waals surface area contributed by atoms with Crippen molar-refractivity contribution in [3.63, 3.8) is 0 Å². The molecule has 0 fully saturated rings. The molecule has 3 rings (SSSR count). The molecule has 0 bridgehead atoms. The monoisotopic (exact) mass is 559 g/mol. The molecule has 2 amide bonds. The first-order valence-electron chi connectivity index (χ1n) is 12.1. The van der Waals surface area contributed by atoms with E-state index in [1.807, 2.05) is 13.8 Å². The largest absolute Gasteiger partial charge is 0.354 e. The summed E-state index contributed by atoms with van der Waals surface area (Å²) in [4.78, 5) is 28.0. The van der Waals surface area contributed by atoms with Crippen LogP contribution >= 0.6 is 11.6 Å². The van der Waals surface area contributed by atoms with Crippen LogP contribution in [0, 0.1) is 11.7 Å². The Bertz CT molecular complexity index is 1350. The van der Waals surface area contributed by atoms with Crippen LogP contribution in [-0.2, 0) is 26.2 Å². The van der Waals surface area contributed by atoms with Crippen LogP contribution in [-0.4, -0.2) is 44.3 Å². The highest BCUT2D eigenvalue weighted by Gasteiger charge is 2.33. The maximum absolute atomic E-state index is 13.8. The molecule has 7 nitrogen and oxygen atoms in total. The van der Waals surface area contributed by atoms with E-state index in [1.54, 1.807) is 37.3 Å². The van der Waals surface area contributed by atoms with E-state index < -0.39 is 34.3 Å². The predicted octanol–water partition coefficient (Wildman–Crippen LogP) is 4.86. The molecule has 202 valence electrons. The van der Waals surface area contributed by atoms with Crippen molar-refractivity contribution < 1.29 is 22.4 Å². The summed E-state index contributed by atoms with van der Waals surface area (Å²) in [5, 5.41) is 2.96. The molecule has 0 unspecified atom stereocenters. The average molecular weight is 560 g/mol. The lowest BCUT2D eigenvalue weighted by atomic mass is 10.1. The third kappa shape index (κ3) is 7.33. The van der Waals surface area contributed by atoms with Gasteiger partial charge < -0.3 is 10.2 Å². The summed E-state index contributed by atoms with van der Waals surface area (Å²) >= 11 is 6.37. The number of carbonyl (C=O) groups is 2. The van der Waals surface area contributed by atoms with E-state index in [4.69, 9.17) is 11.6 Å². The molecule has 38 heavy (non-hydrogen) atoms. The first-order chi connectivity index (χ1) is 18.0. The number of carbonyl (C=O) groups excluding carboxylic acids is 2. The molecule has 0 aliphatic carbocycles. The number of nitrogens with one attached hydrogen (secondary N) is 1. The summed E-state index contributed by atoms with van der Waals surface area (Å²) in [5.41, 5.74) is 0.712. The summed E-state index contributed by atoms with van der Waals surface area (Å²) in [7, 11) is -4.20. The van der Waals surface area contributed by atoms with Crippen LogP contribution in [0.1, 0.15) is 26.3 Å². The SMILES string of the molecule is CC(C)CNC(=O)[C@@H](C)N(Cc1ccc(F)cc1)C(=O)CN(c1ccccc1Cl)S(=O)(=O)c1ccccc1. The lowest BCUT2D eigenvalue weighted by Gasteiger charge is -2.32. The lowest BCUT2D eigenvalue weighted by molar-refractivity contribution is -0.139. The zero-order valence-corrected chi connectivity index (χ0v) is 23.0. The highest BCUT2D eigenvalue weighted by atomic mass is 35.5. The molecular weight excluding hydrogens is 529 g/mol. The second-order valence-corrected chi connectivity index (χ2v) is 11.5. The number of amides is 2. The van der Waals surface area contributed by atoms with Crippen molar-refractivity contribution in [3.8, 4) is 0 Å². The number of hydrogen-bond donors (Lipinski definition) is 1. The van der Waals surface area contributed by atoms with Crippen LogP contribution < -0.4 is 9.62 Å². The van der Waals surface area contributed by atoms with Gasteiger partial charge in [0.1, 0.15) is 18.4 Å². The fourth-order valence-electron chi connectivity index (χ4n) is 3.71. The van der Waals surface area contributed by atoms with Crippen molar-refractivity contribution in [1.82, 2.24) is 10.2 Å². The number of sulfonamides is 1. The molecule has 1 N–H and O–H groups in total. The fourth-order valence-corrected chi connectivity index (χ4v) is 5.45. The van der Waals surface area contributed by atoms with Gasteiger partial charge in [-0.2, -0.15) is 0 Å². The molecule has 3 aromatic carbocycles. The first-order valence-corrected chi connectivity index (χ1v) is 14.0. The van der Waals surface area contributed by atoms with Gasteiger partial charge in [-0.05, 0) is 54.8 Å². The Morgan fingerprint density at radius 3 is 2.13 bits per heavy atom. The fraction of sp³-hybridized carbons (Fsp3) is 0.286. The summed E-state index contributed by atoms with van der Waals surface area (Å²) < 4.78 is 41.8. The number of benzene rings is 3. The minimum atomic E-state index is -4.20. The normalized spacial score (nSPS) is 12.2. The Hall–Kier alpha value is -3.43. The van der Waals surface area contributed by atoms with E-state index in [1.165, 1.54) is 53.4 Å². The number of hydrogen-bond acceptors (Lipinski definition) is 4. The van der Waals surface area contributed by atoms with Crippen molar-refractivity contribution in [2.75, 3.05) is 17.4 Å². The van der Waals surface area contributed by atoms with E-state index in [0.717, 1.165) is 4.31 Å². The van der Waals surface area contributed by atoms with Gasteiger partial charge in [0.05, 0.1) is 15.6 Å². The van der Waals surface area contributed by atoms with Crippen LogP contribution in [0.2, 0.25) is 5.02 Å². The van der Waals surface area contributed by atoms with Crippen molar-refractivity contribution >= 4 is 39.1 Å². The Balaban J connectivity index is 2.00. The predicted molar refractivity (Wildman–Crippen MR) is 147 cm³/mol. The van der Waals surface area contributed by atoms with E-state index in [0.29, 0.717) is 12.1 Å². The molecule has 0 saturated carbocycles. The highest BCUT2D eigenvalue weighted by molar-refractivity contribution is 7.92. The first kappa shape index (κ1) is 29.1. The molecule has 0 aromatic heterocycles. The van der Waals surface area contributed by atoms with Gasteiger partial charge in [0.15, 0.2) is 0 Å². The minimum Gasteiger partial charge on any atom is -0.354 e. The molecule has 10 heteroatoms. The second-order valence-electron chi connectivity index (χ2n) is 9.24. The second kappa shape index (κ2) is 12.9. The molecule has 0 radical (unpaired) electrons. The molecule has 0 aliphatic heterocycles. The molecule has 1 atom stereocenters. The molecule has 0 aliphatic rings. The van der Waals surface area contributed by atoms with E-state index >= 15 is 0 Å². The molecule has 0 saturated heterocycles. The number of anilines is 1. The minimum absolute atomic E-state index is 0.0134. The smallest absolute Gasteiger partial charge is 0.264 e. The van der Waals surface area contributed by atoms with Gasteiger partial charge in [-0.15, -0.1) is 0 Å². The third-order valence-corrected chi connectivity index (χ3v) is 7.94.